The van der Waals surface area contributed by atoms with Crippen molar-refractivity contribution in [3.63, 3.8) is 0 Å². The number of aryl methyl sites for hydroxylation is 1. The highest BCUT2D eigenvalue weighted by atomic mass is 19.1. The minimum Gasteiger partial charge on any atom is -0.489 e. The van der Waals surface area contributed by atoms with Gasteiger partial charge in [-0.05, 0) is 48.4 Å². The molecule has 0 spiro atoms. The summed E-state index contributed by atoms with van der Waals surface area (Å²) in [5, 5.41) is 8.69. The zero-order valence-corrected chi connectivity index (χ0v) is 11.9. The van der Waals surface area contributed by atoms with Crippen LogP contribution in [0.25, 0.3) is 0 Å². The molecule has 2 nitrogen and oxygen atoms in total. The summed E-state index contributed by atoms with van der Waals surface area (Å²) in [7, 11) is 0. The lowest BCUT2D eigenvalue weighted by molar-refractivity contribution is 0.304. The Labute approximate surface area is 124 Å². The molecule has 1 N–H and O–H groups in total. The van der Waals surface area contributed by atoms with Gasteiger partial charge in [0.1, 0.15) is 18.2 Å². The predicted molar refractivity (Wildman–Crippen MR) is 80.5 cm³/mol. The fourth-order valence-corrected chi connectivity index (χ4v) is 1.85. The molecule has 0 atom stereocenters. The Kier molecular flexibility index (Phi) is 5.36. The molecule has 2 rings (SSSR count). The smallest absolute Gasteiger partial charge is 0.123 e. The molecule has 0 aliphatic heterocycles. The first-order valence-electron chi connectivity index (χ1n) is 6.76. The molecular weight excluding hydrogens is 267 g/mol. The lowest BCUT2D eigenvalue weighted by Crippen LogP contribution is -1.97. The van der Waals surface area contributed by atoms with Crippen molar-refractivity contribution in [1.29, 1.82) is 0 Å². The molecular formula is C18H17FO2. The maximum Gasteiger partial charge on any atom is 0.123 e. The van der Waals surface area contributed by atoms with E-state index in [1.54, 1.807) is 12.1 Å². The van der Waals surface area contributed by atoms with E-state index in [-0.39, 0.29) is 12.4 Å². The second kappa shape index (κ2) is 7.47. The molecule has 108 valence electrons. The average molecular weight is 284 g/mol. The van der Waals surface area contributed by atoms with Crippen molar-refractivity contribution >= 4 is 0 Å². The molecule has 0 saturated heterocycles. The quantitative estimate of drug-likeness (QED) is 0.871. The molecule has 0 heterocycles. The van der Waals surface area contributed by atoms with Crippen LogP contribution in [0.5, 0.6) is 5.75 Å². The largest absolute Gasteiger partial charge is 0.489 e. The van der Waals surface area contributed by atoms with E-state index in [4.69, 9.17) is 9.84 Å². The molecule has 0 fully saturated rings. The Bertz CT molecular complexity index is 651. The molecule has 0 radical (unpaired) electrons. The van der Waals surface area contributed by atoms with Crippen molar-refractivity contribution in [3.05, 3.63) is 65.0 Å². The summed E-state index contributed by atoms with van der Waals surface area (Å²) in [6.45, 7) is 2.43. The molecule has 0 aliphatic carbocycles. The van der Waals surface area contributed by atoms with Crippen molar-refractivity contribution < 1.29 is 14.2 Å². The summed E-state index contributed by atoms with van der Waals surface area (Å²) >= 11 is 0. The van der Waals surface area contributed by atoms with Gasteiger partial charge in [0.2, 0.25) is 0 Å². The Morgan fingerprint density at radius 1 is 1.14 bits per heavy atom. The lowest BCUT2D eigenvalue weighted by atomic mass is 10.1. The van der Waals surface area contributed by atoms with Gasteiger partial charge in [-0.3, -0.25) is 0 Å². The number of rotatable bonds is 4. The van der Waals surface area contributed by atoms with Crippen LogP contribution in [0.15, 0.2) is 42.5 Å². The van der Waals surface area contributed by atoms with E-state index in [0.717, 1.165) is 22.4 Å². The molecule has 0 aromatic heterocycles. The molecule has 0 saturated carbocycles. The highest BCUT2D eigenvalue weighted by molar-refractivity contribution is 5.43. The second-order valence-electron chi connectivity index (χ2n) is 4.67. The summed E-state index contributed by atoms with van der Waals surface area (Å²) in [5.74, 6) is 6.41. The minimum atomic E-state index is -0.249. The third-order valence-corrected chi connectivity index (χ3v) is 2.95. The van der Waals surface area contributed by atoms with Gasteiger partial charge in [0.15, 0.2) is 0 Å². The number of halogens is 1. The first-order valence-corrected chi connectivity index (χ1v) is 6.76. The Morgan fingerprint density at radius 2 is 1.90 bits per heavy atom. The van der Waals surface area contributed by atoms with Crippen LogP contribution in [0.4, 0.5) is 4.39 Å². The van der Waals surface area contributed by atoms with E-state index >= 15 is 0 Å². The number of benzene rings is 2. The van der Waals surface area contributed by atoms with Crippen molar-refractivity contribution in [2.75, 3.05) is 6.61 Å². The third kappa shape index (κ3) is 4.62. The average Bonchev–Trinajstić information content (AvgIpc) is 2.48. The normalized spacial score (nSPS) is 9.86. The molecule has 0 unspecified atom stereocenters. The van der Waals surface area contributed by atoms with Crippen LogP contribution < -0.4 is 4.74 Å². The van der Waals surface area contributed by atoms with Crippen LogP contribution in [-0.4, -0.2) is 11.7 Å². The summed E-state index contributed by atoms with van der Waals surface area (Å²) in [5.41, 5.74) is 2.81. The Balaban J connectivity index is 2.01. The van der Waals surface area contributed by atoms with E-state index in [2.05, 4.69) is 11.8 Å². The Hall–Kier alpha value is -2.31. The van der Waals surface area contributed by atoms with Gasteiger partial charge in [-0.15, -0.1) is 0 Å². The first kappa shape index (κ1) is 15.1. The topological polar surface area (TPSA) is 29.5 Å². The number of aliphatic hydroxyl groups excluding tert-OH is 1. The lowest BCUT2D eigenvalue weighted by Gasteiger charge is -2.09. The monoisotopic (exact) mass is 284 g/mol. The number of hydrogen-bond acceptors (Lipinski definition) is 2. The maximum atomic E-state index is 12.8. The first-order chi connectivity index (χ1) is 10.2. The van der Waals surface area contributed by atoms with Gasteiger partial charge in [-0.2, -0.15) is 0 Å². The summed E-state index contributed by atoms with van der Waals surface area (Å²) in [4.78, 5) is 0. The van der Waals surface area contributed by atoms with Gasteiger partial charge < -0.3 is 9.84 Å². The second-order valence-corrected chi connectivity index (χ2v) is 4.67. The highest BCUT2D eigenvalue weighted by Gasteiger charge is 2.01. The summed E-state index contributed by atoms with van der Waals surface area (Å²) in [6.07, 6.45) is 0.474. The summed E-state index contributed by atoms with van der Waals surface area (Å²) in [6, 6.07) is 12.0. The fourth-order valence-electron chi connectivity index (χ4n) is 1.85. The molecule has 0 bridgehead atoms. The Morgan fingerprint density at radius 3 is 2.57 bits per heavy atom. The fraction of sp³-hybridized carbons (Fsp3) is 0.222. The zero-order valence-electron chi connectivity index (χ0n) is 11.9. The molecule has 2 aromatic rings. The van der Waals surface area contributed by atoms with Gasteiger partial charge in [-0.1, -0.05) is 24.0 Å². The SMILES string of the molecule is Cc1cc(C#CCCO)ccc1OCc1ccc(F)cc1. The van der Waals surface area contributed by atoms with Gasteiger partial charge in [0.05, 0.1) is 6.61 Å². The van der Waals surface area contributed by atoms with E-state index < -0.39 is 0 Å². The number of ether oxygens (including phenoxy) is 1. The van der Waals surface area contributed by atoms with Crippen LogP contribution in [-0.2, 0) is 6.61 Å². The number of aliphatic hydroxyl groups is 1. The molecule has 3 heteroatoms. The van der Waals surface area contributed by atoms with E-state index in [9.17, 15) is 4.39 Å². The van der Waals surface area contributed by atoms with Gasteiger partial charge in [0, 0.05) is 12.0 Å². The van der Waals surface area contributed by atoms with Crippen LogP contribution in [0, 0.1) is 24.6 Å². The predicted octanol–water partition coefficient (Wildman–Crippen LogP) is 3.45. The molecule has 21 heavy (non-hydrogen) atoms. The van der Waals surface area contributed by atoms with Crippen molar-refractivity contribution in [2.24, 2.45) is 0 Å². The zero-order chi connectivity index (χ0) is 15.1. The molecule has 2 aromatic carbocycles. The van der Waals surface area contributed by atoms with Gasteiger partial charge >= 0.3 is 0 Å². The summed E-state index contributed by atoms with van der Waals surface area (Å²) < 4.78 is 18.5. The van der Waals surface area contributed by atoms with Crippen molar-refractivity contribution in [3.8, 4) is 17.6 Å². The molecule has 0 amide bonds. The number of hydrogen-bond donors (Lipinski definition) is 1. The van der Waals surface area contributed by atoms with Crippen LogP contribution in [0.3, 0.4) is 0 Å². The minimum absolute atomic E-state index is 0.0743. The van der Waals surface area contributed by atoms with Crippen molar-refractivity contribution in [1.82, 2.24) is 0 Å². The van der Waals surface area contributed by atoms with Crippen LogP contribution in [0.2, 0.25) is 0 Å². The van der Waals surface area contributed by atoms with E-state index in [1.807, 2.05) is 25.1 Å². The van der Waals surface area contributed by atoms with Gasteiger partial charge in [-0.25, -0.2) is 4.39 Å². The maximum absolute atomic E-state index is 12.8. The molecule has 0 aliphatic rings. The van der Waals surface area contributed by atoms with Crippen LogP contribution in [0.1, 0.15) is 23.1 Å². The van der Waals surface area contributed by atoms with Crippen molar-refractivity contribution in [2.45, 2.75) is 20.0 Å². The third-order valence-electron chi connectivity index (χ3n) is 2.95. The standard InChI is InChI=1S/C18H17FO2/c1-14-12-15(4-2-3-11-20)7-10-18(14)21-13-16-5-8-17(19)9-6-16/h5-10,12,20H,3,11,13H2,1H3. The van der Waals surface area contributed by atoms with E-state index in [1.165, 1.54) is 12.1 Å². The van der Waals surface area contributed by atoms with E-state index in [0.29, 0.717) is 13.0 Å². The van der Waals surface area contributed by atoms with Gasteiger partial charge in [0.25, 0.3) is 0 Å². The van der Waals surface area contributed by atoms with Crippen LogP contribution >= 0.6 is 0 Å². The highest BCUT2D eigenvalue weighted by Crippen LogP contribution is 2.20.